The van der Waals surface area contributed by atoms with Crippen LogP contribution >= 0.6 is 0 Å². The molecule has 0 bridgehead atoms. The van der Waals surface area contributed by atoms with Gasteiger partial charge in [0.15, 0.2) is 5.65 Å². The van der Waals surface area contributed by atoms with E-state index < -0.39 is 0 Å². The smallest absolute Gasteiger partial charge is 0.297 e. The van der Waals surface area contributed by atoms with E-state index in [0.717, 1.165) is 43.8 Å². The van der Waals surface area contributed by atoms with E-state index in [4.69, 9.17) is 0 Å². The fourth-order valence-electron chi connectivity index (χ4n) is 5.16. The van der Waals surface area contributed by atoms with Crippen LogP contribution in [0.25, 0.3) is 11.2 Å². The molecule has 6 nitrogen and oxygen atoms in total. The Labute approximate surface area is 171 Å². The molecule has 0 radical (unpaired) electrons. The molecule has 1 aliphatic carbocycles. The molecule has 4 heterocycles. The summed E-state index contributed by atoms with van der Waals surface area (Å²) in [5.74, 6) is 0.617. The third kappa shape index (κ3) is 3.73. The van der Waals surface area contributed by atoms with Crippen molar-refractivity contribution in [3.8, 4) is 0 Å². The Morgan fingerprint density at radius 1 is 1.03 bits per heavy atom. The van der Waals surface area contributed by atoms with Gasteiger partial charge < -0.3 is 0 Å². The summed E-state index contributed by atoms with van der Waals surface area (Å²) >= 11 is 0. The third-order valence-electron chi connectivity index (χ3n) is 6.63. The highest BCUT2D eigenvalue weighted by Crippen LogP contribution is 2.28. The molecule has 0 N–H and O–H groups in total. The molecule has 1 aliphatic heterocycles. The number of fused-ring (bicyclic) bond motifs is 1. The van der Waals surface area contributed by atoms with Crippen LogP contribution in [0.4, 0.5) is 0 Å². The number of hydrogen-bond donors (Lipinski definition) is 0. The van der Waals surface area contributed by atoms with Crippen LogP contribution in [0.5, 0.6) is 0 Å². The van der Waals surface area contributed by atoms with Gasteiger partial charge in [-0.05, 0) is 48.9 Å². The van der Waals surface area contributed by atoms with Gasteiger partial charge in [0, 0.05) is 44.8 Å². The van der Waals surface area contributed by atoms with Gasteiger partial charge in [-0.25, -0.2) is 9.78 Å². The maximum absolute atomic E-state index is 13.5. The Bertz CT molecular complexity index is 1020. The van der Waals surface area contributed by atoms with Crippen LogP contribution in [0.3, 0.4) is 0 Å². The molecule has 2 fully saturated rings. The molecule has 3 aromatic heterocycles. The van der Waals surface area contributed by atoms with Crippen LogP contribution in [-0.4, -0.2) is 37.1 Å². The number of rotatable bonds is 5. The van der Waals surface area contributed by atoms with Crippen molar-refractivity contribution in [1.29, 1.82) is 0 Å². The SMILES string of the molecule is O=c1n(CC2CCCCC2)c2cccnc2n1[C@@H]1CCN(Cc2cccnc2)C1. The summed E-state index contributed by atoms with van der Waals surface area (Å²) < 4.78 is 3.98. The Morgan fingerprint density at radius 2 is 1.90 bits per heavy atom. The zero-order valence-corrected chi connectivity index (χ0v) is 16.9. The summed E-state index contributed by atoms with van der Waals surface area (Å²) in [6.07, 6.45) is 12.9. The number of hydrogen-bond acceptors (Lipinski definition) is 4. The highest BCUT2D eigenvalue weighted by molar-refractivity contribution is 5.71. The van der Waals surface area contributed by atoms with Gasteiger partial charge in [-0.15, -0.1) is 0 Å². The first kappa shape index (κ1) is 18.6. The molecular weight excluding hydrogens is 362 g/mol. The third-order valence-corrected chi connectivity index (χ3v) is 6.63. The highest BCUT2D eigenvalue weighted by atomic mass is 16.1. The van der Waals surface area contributed by atoms with Crippen molar-refractivity contribution in [1.82, 2.24) is 24.0 Å². The molecule has 0 spiro atoms. The normalized spacial score (nSPS) is 21.2. The number of pyridine rings is 2. The predicted octanol–water partition coefficient (Wildman–Crippen LogP) is 3.62. The molecular formula is C23H29N5O. The molecule has 5 rings (SSSR count). The Hall–Kier alpha value is -2.47. The fraction of sp³-hybridized carbons (Fsp3) is 0.522. The van der Waals surface area contributed by atoms with E-state index in [1.54, 1.807) is 0 Å². The van der Waals surface area contributed by atoms with E-state index in [0.29, 0.717) is 5.92 Å². The van der Waals surface area contributed by atoms with Gasteiger partial charge in [0.05, 0.1) is 11.6 Å². The molecule has 0 unspecified atom stereocenters. The summed E-state index contributed by atoms with van der Waals surface area (Å²) in [5.41, 5.74) is 3.19. The molecule has 29 heavy (non-hydrogen) atoms. The number of imidazole rings is 1. The van der Waals surface area contributed by atoms with E-state index >= 15 is 0 Å². The molecule has 6 heteroatoms. The van der Waals surface area contributed by atoms with Gasteiger partial charge in [-0.3, -0.25) is 19.0 Å². The van der Waals surface area contributed by atoms with Crippen molar-refractivity contribution in [2.75, 3.05) is 13.1 Å². The molecule has 0 amide bonds. The lowest BCUT2D eigenvalue weighted by Crippen LogP contribution is -2.31. The lowest BCUT2D eigenvalue weighted by Gasteiger charge is -2.21. The Balaban J connectivity index is 1.41. The van der Waals surface area contributed by atoms with Crippen LogP contribution < -0.4 is 5.69 Å². The van der Waals surface area contributed by atoms with E-state index in [1.807, 2.05) is 39.9 Å². The summed E-state index contributed by atoms with van der Waals surface area (Å²) in [6.45, 7) is 3.59. The van der Waals surface area contributed by atoms with Crippen molar-refractivity contribution >= 4 is 11.2 Å². The molecule has 3 aromatic rings. The number of likely N-dealkylation sites (tertiary alicyclic amines) is 1. The lowest BCUT2D eigenvalue weighted by atomic mass is 9.89. The molecule has 152 valence electrons. The average molecular weight is 392 g/mol. The van der Waals surface area contributed by atoms with Gasteiger partial charge in [0.1, 0.15) is 0 Å². The minimum Gasteiger partial charge on any atom is -0.297 e. The maximum Gasteiger partial charge on any atom is 0.330 e. The van der Waals surface area contributed by atoms with Gasteiger partial charge in [0.2, 0.25) is 0 Å². The topological polar surface area (TPSA) is 56.0 Å². The Kier molecular flexibility index (Phi) is 5.19. The molecule has 2 aliphatic rings. The molecule has 0 aromatic carbocycles. The first-order valence-corrected chi connectivity index (χ1v) is 11.0. The molecule has 1 saturated heterocycles. The zero-order chi connectivity index (χ0) is 19.6. The summed E-state index contributed by atoms with van der Waals surface area (Å²) in [4.78, 5) is 24.7. The average Bonchev–Trinajstić information content (AvgIpc) is 3.32. The van der Waals surface area contributed by atoms with Gasteiger partial charge in [-0.1, -0.05) is 25.3 Å². The number of nitrogens with zero attached hydrogens (tertiary/aromatic N) is 5. The van der Waals surface area contributed by atoms with Gasteiger partial charge in [-0.2, -0.15) is 0 Å². The lowest BCUT2D eigenvalue weighted by molar-refractivity contribution is 0.308. The van der Waals surface area contributed by atoms with Crippen molar-refractivity contribution in [2.24, 2.45) is 5.92 Å². The van der Waals surface area contributed by atoms with Crippen molar-refractivity contribution in [3.63, 3.8) is 0 Å². The van der Waals surface area contributed by atoms with Crippen molar-refractivity contribution in [2.45, 2.75) is 57.7 Å². The minimum absolute atomic E-state index is 0.123. The van der Waals surface area contributed by atoms with Crippen LogP contribution in [-0.2, 0) is 13.1 Å². The predicted molar refractivity (Wildman–Crippen MR) is 114 cm³/mol. The van der Waals surface area contributed by atoms with Gasteiger partial charge in [0.25, 0.3) is 0 Å². The van der Waals surface area contributed by atoms with Crippen LogP contribution in [0.2, 0.25) is 0 Å². The molecule has 1 saturated carbocycles. The second-order valence-electron chi connectivity index (χ2n) is 8.65. The van der Waals surface area contributed by atoms with Crippen molar-refractivity contribution in [3.05, 3.63) is 58.9 Å². The second kappa shape index (κ2) is 8.11. The highest BCUT2D eigenvalue weighted by Gasteiger charge is 2.29. The van der Waals surface area contributed by atoms with Crippen molar-refractivity contribution < 1.29 is 0 Å². The monoisotopic (exact) mass is 391 g/mol. The van der Waals surface area contributed by atoms with E-state index in [-0.39, 0.29) is 11.7 Å². The van der Waals surface area contributed by atoms with Crippen LogP contribution in [0.1, 0.15) is 50.1 Å². The maximum atomic E-state index is 13.5. The first-order valence-electron chi connectivity index (χ1n) is 11.0. The summed E-state index contributed by atoms with van der Waals surface area (Å²) in [6, 6.07) is 8.29. The minimum atomic E-state index is 0.123. The number of aromatic nitrogens is 4. The molecule has 1 atom stereocenters. The summed E-state index contributed by atoms with van der Waals surface area (Å²) in [7, 11) is 0. The van der Waals surface area contributed by atoms with Gasteiger partial charge >= 0.3 is 5.69 Å². The largest absolute Gasteiger partial charge is 0.330 e. The zero-order valence-electron chi connectivity index (χ0n) is 16.9. The quantitative estimate of drug-likeness (QED) is 0.667. The van der Waals surface area contributed by atoms with E-state index in [2.05, 4.69) is 27.0 Å². The van der Waals surface area contributed by atoms with E-state index in [1.165, 1.54) is 37.7 Å². The standard InChI is InChI=1S/C23H29N5O/c29-23-27(16-18-6-2-1-3-7-18)21-9-5-12-25-22(21)28(23)20-10-13-26(17-20)15-19-8-4-11-24-14-19/h4-5,8-9,11-12,14,18,20H,1-3,6-7,10,13,15-17H2/t20-/m1/s1. The second-order valence-corrected chi connectivity index (χ2v) is 8.65. The summed E-state index contributed by atoms with van der Waals surface area (Å²) in [5, 5.41) is 0. The van der Waals surface area contributed by atoms with Crippen LogP contribution in [0.15, 0.2) is 47.7 Å². The fourth-order valence-corrected chi connectivity index (χ4v) is 5.16. The first-order chi connectivity index (χ1) is 14.3. The Morgan fingerprint density at radius 3 is 2.72 bits per heavy atom. The van der Waals surface area contributed by atoms with E-state index in [9.17, 15) is 4.79 Å². The van der Waals surface area contributed by atoms with Crippen LogP contribution in [0, 0.1) is 5.92 Å².